The summed E-state index contributed by atoms with van der Waals surface area (Å²) in [5.74, 6) is 3.33. The van der Waals surface area contributed by atoms with Gasteiger partial charge in [0.15, 0.2) is 0 Å². The van der Waals surface area contributed by atoms with E-state index in [9.17, 15) is 4.79 Å². The number of alkyl halides is 1. The molecule has 2 aliphatic carbocycles. The third-order valence-electron chi connectivity index (χ3n) is 3.25. The van der Waals surface area contributed by atoms with Crippen molar-refractivity contribution in [2.45, 2.75) is 32.1 Å². The molecule has 2 bridgehead atoms. The normalized spacial score (nSPS) is 41.4. The number of hydrogen-bond acceptors (Lipinski definition) is 1. The summed E-state index contributed by atoms with van der Waals surface area (Å²) in [6.07, 6.45) is 5.37. The molecule has 0 amide bonds. The first-order valence-corrected chi connectivity index (χ1v) is 5.39. The fraction of sp³-hybridized carbons (Fsp3) is 0.900. The Hall–Kier alpha value is -0.0400. The second kappa shape index (κ2) is 3.37. The summed E-state index contributed by atoms with van der Waals surface area (Å²) in [5, 5.41) is 0. The SMILES string of the molecule is O=C1CC2CC(CCl)CC(C1)C2. The highest BCUT2D eigenvalue weighted by molar-refractivity contribution is 6.18. The molecule has 2 saturated carbocycles. The van der Waals surface area contributed by atoms with Gasteiger partial charge >= 0.3 is 0 Å². The molecule has 0 aliphatic heterocycles. The predicted molar refractivity (Wildman–Crippen MR) is 49.3 cm³/mol. The van der Waals surface area contributed by atoms with Gasteiger partial charge in [0.05, 0.1) is 0 Å². The lowest BCUT2D eigenvalue weighted by atomic mass is 9.68. The van der Waals surface area contributed by atoms with Gasteiger partial charge in [-0.1, -0.05) is 0 Å². The Kier molecular flexibility index (Phi) is 2.40. The third-order valence-corrected chi connectivity index (χ3v) is 3.69. The van der Waals surface area contributed by atoms with E-state index in [1.807, 2.05) is 0 Å². The van der Waals surface area contributed by atoms with Crippen molar-refractivity contribution in [3.05, 3.63) is 0 Å². The van der Waals surface area contributed by atoms with E-state index in [-0.39, 0.29) is 0 Å². The minimum atomic E-state index is 0.490. The molecule has 2 heteroatoms. The van der Waals surface area contributed by atoms with E-state index in [2.05, 4.69) is 0 Å². The summed E-state index contributed by atoms with van der Waals surface area (Å²) in [6.45, 7) is 0. The Balaban J connectivity index is 2.00. The zero-order valence-corrected chi connectivity index (χ0v) is 8.02. The standard InChI is InChI=1S/C10H15ClO/c11-6-9-2-7-1-8(3-9)5-10(12)4-7/h7-9H,1-6H2. The number of carbonyl (C=O) groups excluding carboxylic acids is 1. The van der Waals surface area contributed by atoms with E-state index < -0.39 is 0 Å². The smallest absolute Gasteiger partial charge is 0.133 e. The number of ketones is 1. The molecule has 2 atom stereocenters. The number of fused-ring (bicyclic) bond motifs is 2. The molecule has 0 saturated heterocycles. The molecule has 2 fully saturated rings. The van der Waals surface area contributed by atoms with Crippen LogP contribution in [0.5, 0.6) is 0 Å². The van der Waals surface area contributed by atoms with Crippen molar-refractivity contribution in [2.75, 3.05) is 5.88 Å². The second-order valence-electron chi connectivity index (χ2n) is 4.41. The molecular formula is C10H15ClO. The lowest BCUT2D eigenvalue weighted by Crippen LogP contribution is -2.31. The van der Waals surface area contributed by atoms with Crippen LogP contribution in [0.3, 0.4) is 0 Å². The molecule has 0 aromatic carbocycles. The quantitative estimate of drug-likeness (QED) is 0.576. The van der Waals surface area contributed by atoms with Crippen LogP contribution in [0.25, 0.3) is 0 Å². The van der Waals surface area contributed by atoms with Crippen LogP contribution in [-0.4, -0.2) is 11.7 Å². The van der Waals surface area contributed by atoms with Crippen molar-refractivity contribution in [1.82, 2.24) is 0 Å². The van der Waals surface area contributed by atoms with Gasteiger partial charge in [0.2, 0.25) is 0 Å². The van der Waals surface area contributed by atoms with Crippen LogP contribution < -0.4 is 0 Å². The van der Waals surface area contributed by atoms with Gasteiger partial charge in [-0.25, -0.2) is 0 Å². The Morgan fingerprint density at radius 3 is 2.25 bits per heavy atom. The number of rotatable bonds is 1. The van der Waals surface area contributed by atoms with Gasteiger partial charge in [0.25, 0.3) is 0 Å². The fourth-order valence-electron chi connectivity index (χ4n) is 2.89. The molecule has 2 rings (SSSR count). The predicted octanol–water partition coefficient (Wildman–Crippen LogP) is 2.62. The molecule has 2 unspecified atom stereocenters. The Morgan fingerprint density at radius 1 is 1.17 bits per heavy atom. The van der Waals surface area contributed by atoms with Crippen molar-refractivity contribution >= 4 is 17.4 Å². The zero-order valence-electron chi connectivity index (χ0n) is 7.26. The molecule has 0 N–H and O–H groups in total. The summed E-state index contributed by atoms with van der Waals surface area (Å²) >= 11 is 5.84. The highest BCUT2D eigenvalue weighted by atomic mass is 35.5. The third kappa shape index (κ3) is 1.66. The van der Waals surface area contributed by atoms with Crippen LogP contribution in [0.1, 0.15) is 32.1 Å². The lowest BCUT2D eigenvalue weighted by molar-refractivity contribution is -0.124. The van der Waals surface area contributed by atoms with Gasteiger partial charge in [-0.05, 0) is 37.0 Å². The van der Waals surface area contributed by atoms with Gasteiger partial charge in [-0.15, -0.1) is 11.6 Å². The summed E-state index contributed by atoms with van der Waals surface area (Å²) < 4.78 is 0. The van der Waals surface area contributed by atoms with Gasteiger partial charge in [0, 0.05) is 18.7 Å². The first-order chi connectivity index (χ1) is 5.78. The van der Waals surface area contributed by atoms with Crippen molar-refractivity contribution < 1.29 is 4.79 Å². The largest absolute Gasteiger partial charge is 0.300 e. The Bertz CT molecular complexity index is 174. The van der Waals surface area contributed by atoms with Crippen molar-refractivity contribution in [2.24, 2.45) is 17.8 Å². The van der Waals surface area contributed by atoms with Crippen molar-refractivity contribution in [3.63, 3.8) is 0 Å². The molecule has 68 valence electrons. The van der Waals surface area contributed by atoms with Crippen LogP contribution in [0, 0.1) is 17.8 Å². The zero-order chi connectivity index (χ0) is 8.55. The van der Waals surface area contributed by atoms with Gasteiger partial charge in [-0.3, -0.25) is 4.79 Å². The van der Waals surface area contributed by atoms with E-state index >= 15 is 0 Å². The van der Waals surface area contributed by atoms with Crippen LogP contribution >= 0.6 is 11.6 Å². The van der Waals surface area contributed by atoms with Crippen LogP contribution in [0.15, 0.2) is 0 Å². The minimum Gasteiger partial charge on any atom is -0.300 e. The van der Waals surface area contributed by atoms with E-state index in [1.54, 1.807) is 0 Å². The Labute approximate surface area is 78.5 Å². The molecular weight excluding hydrogens is 172 g/mol. The summed E-state index contributed by atoms with van der Waals surface area (Å²) in [7, 11) is 0. The average molecular weight is 187 g/mol. The molecule has 12 heavy (non-hydrogen) atoms. The molecule has 1 nitrogen and oxygen atoms in total. The molecule has 2 aliphatic rings. The maximum absolute atomic E-state index is 11.2. The number of hydrogen-bond donors (Lipinski definition) is 0. The molecule has 0 aromatic rings. The highest BCUT2D eigenvalue weighted by Gasteiger charge is 2.34. The number of halogens is 1. The molecule has 0 heterocycles. The topological polar surface area (TPSA) is 17.1 Å². The lowest BCUT2D eigenvalue weighted by Gasteiger charge is -2.37. The average Bonchev–Trinajstić information content (AvgIpc) is 2.02. The van der Waals surface area contributed by atoms with Gasteiger partial charge < -0.3 is 0 Å². The van der Waals surface area contributed by atoms with Crippen LogP contribution in [0.2, 0.25) is 0 Å². The maximum Gasteiger partial charge on any atom is 0.133 e. The van der Waals surface area contributed by atoms with Gasteiger partial charge in [-0.2, -0.15) is 0 Å². The monoisotopic (exact) mass is 186 g/mol. The van der Waals surface area contributed by atoms with E-state index in [1.165, 1.54) is 19.3 Å². The fourth-order valence-corrected chi connectivity index (χ4v) is 3.14. The first kappa shape index (κ1) is 8.55. The van der Waals surface area contributed by atoms with Crippen molar-refractivity contribution in [3.8, 4) is 0 Å². The molecule has 0 aromatic heterocycles. The summed E-state index contributed by atoms with van der Waals surface area (Å²) in [4.78, 5) is 11.2. The van der Waals surface area contributed by atoms with Gasteiger partial charge in [0.1, 0.15) is 5.78 Å². The summed E-state index contributed by atoms with van der Waals surface area (Å²) in [5.41, 5.74) is 0. The number of carbonyl (C=O) groups is 1. The Morgan fingerprint density at radius 2 is 1.75 bits per heavy atom. The van der Waals surface area contributed by atoms with E-state index in [4.69, 9.17) is 11.6 Å². The molecule has 0 spiro atoms. The van der Waals surface area contributed by atoms with Crippen LogP contribution in [0.4, 0.5) is 0 Å². The minimum absolute atomic E-state index is 0.490. The maximum atomic E-state index is 11.2. The van der Waals surface area contributed by atoms with E-state index in [0.717, 1.165) is 18.7 Å². The summed E-state index contributed by atoms with van der Waals surface area (Å²) in [6, 6.07) is 0. The molecule has 0 radical (unpaired) electrons. The van der Waals surface area contributed by atoms with Crippen LogP contribution in [-0.2, 0) is 4.79 Å². The highest BCUT2D eigenvalue weighted by Crippen LogP contribution is 2.41. The first-order valence-electron chi connectivity index (χ1n) is 4.85. The second-order valence-corrected chi connectivity index (χ2v) is 4.72. The van der Waals surface area contributed by atoms with Crippen molar-refractivity contribution in [1.29, 1.82) is 0 Å². The number of Topliss-reactive ketones (excluding diaryl/α,β-unsaturated/α-hetero) is 1. The van der Waals surface area contributed by atoms with E-state index in [0.29, 0.717) is 23.5 Å².